The highest BCUT2D eigenvalue weighted by Crippen LogP contribution is 2.36. The van der Waals surface area contributed by atoms with E-state index in [1.807, 2.05) is 0 Å². The van der Waals surface area contributed by atoms with E-state index in [9.17, 15) is 0 Å². The Morgan fingerprint density at radius 1 is 1.44 bits per heavy atom. The molecule has 1 heterocycles. The smallest absolute Gasteiger partial charge is 0.0492 e. The number of fused-ring (bicyclic) bond motifs is 1. The number of aromatic nitrogens is 1. The molecule has 0 aliphatic heterocycles. The second-order valence-electron chi connectivity index (χ2n) is 4.98. The standard InChI is InChI=1S/C13H15BrN2/c1-16-8-11(14)10-3-2-9(6-12(10)16)7-13(15)4-5-13/h2-3,6,8H,4-5,7,15H2,1H3. The van der Waals surface area contributed by atoms with Crippen LogP contribution in [0.1, 0.15) is 18.4 Å². The molecule has 2 N–H and O–H groups in total. The number of hydrogen-bond donors (Lipinski definition) is 1. The fraction of sp³-hybridized carbons (Fsp3) is 0.385. The van der Waals surface area contributed by atoms with E-state index in [1.165, 1.54) is 29.3 Å². The lowest BCUT2D eigenvalue weighted by Crippen LogP contribution is -2.24. The van der Waals surface area contributed by atoms with Gasteiger partial charge in [-0.25, -0.2) is 0 Å². The monoisotopic (exact) mass is 278 g/mol. The number of rotatable bonds is 2. The van der Waals surface area contributed by atoms with Crippen molar-refractivity contribution in [2.75, 3.05) is 0 Å². The average Bonchev–Trinajstić information content (AvgIpc) is 2.88. The third-order valence-electron chi connectivity index (χ3n) is 3.45. The number of hydrogen-bond acceptors (Lipinski definition) is 1. The summed E-state index contributed by atoms with van der Waals surface area (Å²) in [6.45, 7) is 0. The minimum Gasteiger partial charge on any atom is -0.349 e. The minimum absolute atomic E-state index is 0.0933. The first-order chi connectivity index (χ1) is 7.57. The van der Waals surface area contributed by atoms with Crippen molar-refractivity contribution >= 4 is 26.8 Å². The highest BCUT2D eigenvalue weighted by atomic mass is 79.9. The van der Waals surface area contributed by atoms with Gasteiger partial charge in [0.25, 0.3) is 0 Å². The van der Waals surface area contributed by atoms with Crippen molar-refractivity contribution < 1.29 is 0 Å². The Kier molecular flexibility index (Phi) is 2.17. The summed E-state index contributed by atoms with van der Waals surface area (Å²) in [5, 5.41) is 1.27. The van der Waals surface area contributed by atoms with Crippen molar-refractivity contribution in [2.45, 2.75) is 24.8 Å². The third kappa shape index (κ3) is 1.68. The number of nitrogens with zero attached hydrogens (tertiary/aromatic N) is 1. The van der Waals surface area contributed by atoms with Crippen LogP contribution in [-0.2, 0) is 13.5 Å². The van der Waals surface area contributed by atoms with Crippen molar-refractivity contribution in [1.82, 2.24) is 4.57 Å². The van der Waals surface area contributed by atoms with Gasteiger partial charge >= 0.3 is 0 Å². The van der Waals surface area contributed by atoms with Gasteiger partial charge in [0.2, 0.25) is 0 Å². The third-order valence-corrected chi connectivity index (χ3v) is 4.09. The van der Waals surface area contributed by atoms with E-state index in [4.69, 9.17) is 5.73 Å². The highest BCUT2D eigenvalue weighted by Gasteiger charge is 2.37. The highest BCUT2D eigenvalue weighted by molar-refractivity contribution is 9.10. The van der Waals surface area contributed by atoms with Crippen LogP contribution in [0, 0.1) is 0 Å². The van der Waals surface area contributed by atoms with Crippen LogP contribution in [-0.4, -0.2) is 10.1 Å². The maximum atomic E-state index is 6.15. The summed E-state index contributed by atoms with van der Waals surface area (Å²) in [4.78, 5) is 0. The molecule has 1 saturated carbocycles. The van der Waals surface area contributed by atoms with Crippen molar-refractivity contribution in [1.29, 1.82) is 0 Å². The average molecular weight is 279 g/mol. The van der Waals surface area contributed by atoms with Crippen molar-refractivity contribution in [3.05, 3.63) is 34.4 Å². The molecule has 1 aromatic heterocycles. The van der Waals surface area contributed by atoms with E-state index in [0.29, 0.717) is 0 Å². The molecule has 0 spiro atoms. The molecule has 0 bridgehead atoms. The molecule has 0 amide bonds. The predicted molar refractivity (Wildman–Crippen MR) is 70.5 cm³/mol. The van der Waals surface area contributed by atoms with Gasteiger partial charge in [-0.1, -0.05) is 12.1 Å². The van der Waals surface area contributed by atoms with Gasteiger partial charge in [0.05, 0.1) is 0 Å². The zero-order valence-electron chi connectivity index (χ0n) is 9.33. The van der Waals surface area contributed by atoms with Gasteiger partial charge in [-0.15, -0.1) is 0 Å². The second kappa shape index (κ2) is 3.34. The lowest BCUT2D eigenvalue weighted by atomic mass is 10.0. The Labute approximate surface area is 104 Å². The molecule has 0 atom stereocenters. The van der Waals surface area contributed by atoms with Crippen LogP contribution in [0.5, 0.6) is 0 Å². The zero-order chi connectivity index (χ0) is 11.3. The summed E-state index contributed by atoms with van der Waals surface area (Å²) in [5.41, 5.74) is 8.86. The van der Waals surface area contributed by atoms with E-state index in [0.717, 1.165) is 10.9 Å². The largest absolute Gasteiger partial charge is 0.349 e. The van der Waals surface area contributed by atoms with Crippen LogP contribution >= 0.6 is 15.9 Å². The Balaban J connectivity index is 2.04. The Hall–Kier alpha value is -0.800. The van der Waals surface area contributed by atoms with Crippen LogP contribution in [0.25, 0.3) is 10.9 Å². The number of halogens is 1. The summed E-state index contributed by atoms with van der Waals surface area (Å²) in [7, 11) is 2.08. The molecule has 2 aromatic rings. The van der Waals surface area contributed by atoms with Crippen LogP contribution < -0.4 is 5.73 Å². The topological polar surface area (TPSA) is 30.9 Å². The SMILES string of the molecule is Cn1cc(Br)c2ccc(CC3(N)CC3)cc21. The Morgan fingerprint density at radius 3 is 2.88 bits per heavy atom. The lowest BCUT2D eigenvalue weighted by molar-refractivity contribution is 0.672. The van der Waals surface area contributed by atoms with E-state index in [-0.39, 0.29) is 5.54 Å². The summed E-state index contributed by atoms with van der Waals surface area (Å²) in [5.74, 6) is 0. The normalized spacial score (nSPS) is 17.9. The molecular formula is C13H15BrN2. The Morgan fingerprint density at radius 2 is 2.19 bits per heavy atom. The van der Waals surface area contributed by atoms with E-state index < -0.39 is 0 Å². The molecule has 3 rings (SSSR count). The van der Waals surface area contributed by atoms with Gasteiger partial charge in [0.1, 0.15) is 0 Å². The van der Waals surface area contributed by atoms with Crippen LogP contribution in [0.15, 0.2) is 28.9 Å². The molecule has 0 unspecified atom stereocenters. The molecule has 3 heteroatoms. The molecule has 1 aromatic carbocycles. The summed E-state index contributed by atoms with van der Waals surface area (Å²) in [6, 6.07) is 6.63. The molecule has 1 fully saturated rings. The van der Waals surface area contributed by atoms with Gasteiger partial charge < -0.3 is 10.3 Å². The molecule has 16 heavy (non-hydrogen) atoms. The molecule has 1 aliphatic rings. The molecule has 2 nitrogen and oxygen atoms in total. The molecule has 0 saturated heterocycles. The molecule has 84 valence electrons. The number of benzene rings is 1. The summed E-state index contributed by atoms with van der Waals surface area (Å²) < 4.78 is 3.31. The molecule has 1 aliphatic carbocycles. The quantitative estimate of drug-likeness (QED) is 0.900. The van der Waals surface area contributed by atoms with Crippen LogP contribution in [0.4, 0.5) is 0 Å². The number of nitrogens with two attached hydrogens (primary N) is 1. The summed E-state index contributed by atoms with van der Waals surface area (Å²) in [6.07, 6.45) is 5.44. The van der Waals surface area contributed by atoms with Crippen molar-refractivity contribution in [3.8, 4) is 0 Å². The van der Waals surface area contributed by atoms with E-state index in [2.05, 4.69) is 51.9 Å². The fourth-order valence-electron chi connectivity index (χ4n) is 2.23. The Bertz CT molecular complexity index is 552. The van der Waals surface area contributed by atoms with E-state index in [1.54, 1.807) is 0 Å². The lowest BCUT2D eigenvalue weighted by Gasteiger charge is -2.08. The predicted octanol–water partition coefficient (Wildman–Crippen LogP) is 2.97. The fourth-order valence-corrected chi connectivity index (χ4v) is 2.88. The van der Waals surface area contributed by atoms with Gasteiger partial charge in [0.15, 0.2) is 0 Å². The van der Waals surface area contributed by atoms with Crippen LogP contribution in [0.2, 0.25) is 0 Å². The maximum Gasteiger partial charge on any atom is 0.0492 e. The van der Waals surface area contributed by atoms with Gasteiger partial charge in [-0.05, 0) is 46.8 Å². The molecule has 0 radical (unpaired) electrons. The minimum atomic E-state index is 0.0933. The summed E-state index contributed by atoms with van der Waals surface area (Å²) >= 11 is 3.57. The van der Waals surface area contributed by atoms with Gasteiger partial charge in [-0.2, -0.15) is 0 Å². The zero-order valence-corrected chi connectivity index (χ0v) is 10.9. The second-order valence-corrected chi connectivity index (χ2v) is 5.83. The van der Waals surface area contributed by atoms with Crippen molar-refractivity contribution in [3.63, 3.8) is 0 Å². The van der Waals surface area contributed by atoms with Gasteiger partial charge in [0, 0.05) is 34.2 Å². The van der Waals surface area contributed by atoms with Gasteiger partial charge in [-0.3, -0.25) is 0 Å². The maximum absolute atomic E-state index is 6.15. The number of aryl methyl sites for hydroxylation is 1. The molecular weight excluding hydrogens is 264 g/mol. The van der Waals surface area contributed by atoms with Crippen LogP contribution in [0.3, 0.4) is 0 Å². The van der Waals surface area contributed by atoms with Crippen molar-refractivity contribution in [2.24, 2.45) is 12.8 Å². The first-order valence-electron chi connectivity index (χ1n) is 5.60. The van der Waals surface area contributed by atoms with E-state index >= 15 is 0 Å². The first-order valence-corrected chi connectivity index (χ1v) is 6.39. The first kappa shape index (κ1) is 10.4.